The Morgan fingerprint density at radius 2 is 2.30 bits per heavy atom. The highest BCUT2D eigenvalue weighted by Gasteiger charge is 2.25. The highest BCUT2D eigenvalue weighted by Crippen LogP contribution is 2.26. The van der Waals surface area contributed by atoms with Gasteiger partial charge in [-0.15, -0.1) is 0 Å². The number of aryl methyl sites for hydroxylation is 1. The van der Waals surface area contributed by atoms with E-state index in [0.29, 0.717) is 30.2 Å². The molecule has 1 amide bonds. The lowest BCUT2D eigenvalue weighted by Gasteiger charge is -2.18. The van der Waals surface area contributed by atoms with E-state index >= 15 is 0 Å². The first-order valence-electron chi connectivity index (χ1n) is 6.28. The van der Waals surface area contributed by atoms with E-state index in [1.165, 1.54) is 11.0 Å². The number of nitrogens with zero attached hydrogens (tertiary/aromatic N) is 2. The molecule has 20 heavy (non-hydrogen) atoms. The van der Waals surface area contributed by atoms with Crippen molar-refractivity contribution < 1.29 is 18.4 Å². The number of rotatable bonds is 1. The number of benzene rings is 1. The molecule has 5 nitrogen and oxygen atoms in total. The molecule has 2 heterocycles. The minimum atomic E-state index is -0.379. The third-order valence-electron chi connectivity index (χ3n) is 3.17. The van der Waals surface area contributed by atoms with Gasteiger partial charge in [-0.05, 0) is 19.1 Å². The van der Waals surface area contributed by atoms with Gasteiger partial charge in [-0.3, -0.25) is 4.79 Å². The summed E-state index contributed by atoms with van der Waals surface area (Å²) in [5.41, 5.74) is 1.01. The fraction of sp³-hybridized carbons (Fsp3) is 0.286. The average Bonchev–Trinajstić information content (AvgIpc) is 2.74. The molecule has 104 valence electrons. The molecule has 1 aromatic heterocycles. The summed E-state index contributed by atoms with van der Waals surface area (Å²) in [6, 6.07) is 6.21. The quantitative estimate of drug-likeness (QED) is 0.801. The number of fused-ring (bicyclic) bond motifs is 1. The lowest BCUT2D eigenvalue weighted by Crippen LogP contribution is -2.32. The third-order valence-corrected chi connectivity index (χ3v) is 3.17. The van der Waals surface area contributed by atoms with E-state index in [2.05, 4.69) is 5.16 Å². The molecular weight excluding hydrogens is 263 g/mol. The van der Waals surface area contributed by atoms with Gasteiger partial charge in [0.15, 0.2) is 0 Å². The molecule has 0 aliphatic carbocycles. The molecule has 6 heteroatoms. The molecule has 0 saturated heterocycles. The molecule has 0 saturated carbocycles. The van der Waals surface area contributed by atoms with Crippen LogP contribution in [0.1, 0.15) is 21.8 Å². The zero-order valence-electron chi connectivity index (χ0n) is 10.9. The van der Waals surface area contributed by atoms with Crippen LogP contribution in [0, 0.1) is 12.7 Å². The molecule has 0 spiro atoms. The predicted molar refractivity (Wildman–Crippen MR) is 67.9 cm³/mol. The highest BCUT2D eigenvalue weighted by molar-refractivity contribution is 5.91. The number of carbonyl (C=O) groups excluding carboxylic acids is 1. The summed E-state index contributed by atoms with van der Waals surface area (Å²) in [6.07, 6.45) is 0. The number of aromatic nitrogens is 1. The highest BCUT2D eigenvalue weighted by atomic mass is 19.1. The van der Waals surface area contributed by atoms with E-state index in [1.807, 2.05) is 0 Å². The van der Waals surface area contributed by atoms with Crippen molar-refractivity contribution >= 4 is 5.91 Å². The van der Waals surface area contributed by atoms with Gasteiger partial charge in [-0.1, -0.05) is 11.2 Å². The molecule has 0 bridgehead atoms. The summed E-state index contributed by atoms with van der Waals surface area (Å²) >= 11 is 0. The average molecular weight is 276 g/mol. The Bertz CT molecular complexity index is 654. The zero-order valence-corrected chi connectivity index (χ0v) is 10.9. The van der Waals surface area contributed by atoms with Crippen LogP contribution in [0.4, 0.5) is 4.39 Å². The fourth-order valence-corrected chi connectivity index (χ4v) is 2.16. The van der Waals surface area contributed by atoms with Crippen LogP contribution in [-0.2, 0) is 6.54 Å². The number of carbonyl (C=O) groups is 1. The molecular formula is C14H13FN2O3. The van der Waals surface area contributed by atoms with Crippen LogP contribution in [0.25, 0.3) is 0 Å². The lowest BCUT2D eigenvalue weighted by atomic mass is 10.1. The maximum Gasteiger partial charge on any atom is 0.292 e. The number of ether oxygens (including phenoxy) is 1. The molecule has 0 fully saturated rings. The van der Waals surface area contributed by atoms with Crippen molar-refractivity contribution in [2.24, 2.45) is 0 Å². The molecule has 1 aromatic carbocycles. The van der Waals surface area contributed by atoms with Crippen LogP contribution in [0.5, 0.6) is 5.75 Å². The van der Waals surface area contributed by atoms with Gasteiger partial charge < -0.3 is 14.2 Å². The summed E-state index contributed by atoms with van der Waals surface area (Å²) in [5, 5.41) is 3.69. The molecule has 0 unspecified atom stereocenters. The summed E-state index contributed by atoms with van der Waals surface area (Å²) in [6.45, 7) is 2.57. The van der Waals surface area contributed by atoms with Gasteiger partial charge in [-0.25, -0.2) is 4.39 Å². The Morgan fingerprint density at radius 3 is 3.05 bits per heavy atom. The van der Waals surface area contributed by atoms with Gasteiger partial charge in [0.05, 0.1) is 18.8 Å². The SMILES string of the molecule is Cc1cc(C(=O)N2CCOc3cccc(F)c3C2)on1. The minimum absolute atomic E-state index is 0.153. The summed E-state index contributed by atoms with van der Waals surface area (Å²) < 4.78 is 24.3. The normalized spacial score (nSPS) is 14.4. The van der Waals surface area contributed by atoms with Crippen LogP contribution in [0.2, 0.25) is 0 Å². The second-order valence-corrected chi connectivity index (χ2v) is 4.62. The minimum Gasteiger partial charge on any atom is -0.491 e. The van der Waals surface area contributed by atoms with E-state index in [9.17, 15) is 9.18 Å². The van der Waals surface area contributed by atoms with Crippen molar-refractivity contribution in [2.45, 2.75) is 13.5 Å². The zero-order chi connectivity index (χ0) is 14.1. The van der Waals surface area contributed by atoms with Gasteiger partial charge in [0.2, 0.25) is 5.76 Å². The molecule has 0 atom stereocenters. The Balaban J connectivity index is 1.89. The molecule has 2 aromatic rings. The van der Waals surface area contributed by atoms with Gasteiger partial charge >= 0.3 is 0 Å². The Morgan fingerprint density at radius 1 is 1.45 bits per heavy atom. The van der Waals surface area contributed by atoms with E-state index in [-0.39, 0.29) is 24.0 Å². The maximum atomic E-state index is 13.8. The molecule has 1 aliphatic rings. The van der Waals surface area contributed by atoms with Crippen molar-refractivity contribution in [2.75, 3.05) is 13.2 Å². The van der Waals surface area contributed by atoms with Crippen molar-refractivity contribution in [1.29, 1.82) is 0 Å². The number of hydrogen-bond donors (Lipinski definition) is 0. The summed E-state index contributed by atoms with van der Waals surface area (Å²) in [4.78, 5) is 13.8. The molecule has 0 radical (unpaired) electrons. The van der Waals surface area contributed by atoms with Gasteiger partial charge in [0.25, 0.3) is 5.91 Å². The Hall–Kier alpha value is -2.37. The van der Waals surface area contributed by atoms with Crippen molar-refractivity contribution in [1.82, 2.24) is 10.1 Å². The van der Waals surface area contributed by atoms with E-state index in [1.54, 1.807) is 25.1 Å². The smallest absolute Gasteiger partial charge is 0.292 e. The predicted octanol–water partition coefficient (Wildman–Crippen LogP) is 2.16. The Kier molecular flexibility index (Phi) is 3.14. The van der Waals surface area contributed by atoms with Crippen molar-refractivity contribution in [3.05, 3.63) is 47.1 Å². The number of halogens is 1. The van der Waals surface area contributed by atoms with Crippen LogP contribution < -0.4 is 4.74 Å². The van der Waals surface area contributed by atoms with Crippen LogP contribution in [0.3, 0.4) is 0 Å². The van der Waals surface area contributed by atoms with E-state index in [0.717, 1.165) is 0 Å². The van der Waals surface area contributed by atoms with Crippen LogP contribution in [0.15, 0.2) is 28.8 Å². The second kappa shape index (κ2) is 4.96. The summed E-state index contributed by atoms with van der Waals surface area (Å²) in [5.74, 6) is -0.0578. The van der Waals surface area contributed by atoms with Crippen molar-refractivity contribution in [3.8, 4) is 5.75 Å². The van der Waals surface area contributed by atoms with E-state index in [4.69, 9.17) is 9.26 Å². The van der Waals surface area contributed by atoms with Gasteiger partial charge in [0.1, 0.15) is 18.2 Å². The number of hydrogen-bond acceptors (Lipinski definition) is 4. The second-order valence-electron chi connectivity index (χ2n) is 4.62. The van der Waals surface area contributed by atoms with E-state index < -0.39 is 0 Å². The molecule has 1 aliphatic heterocycles. The largest absolute Gasteiger partial charge is 0.491 e. The monoisotopic (exact) mass is 276 g/mol. The standard InChI is InChI=1S/C14H13FN2O3/c1-9-7-13(20-16-9)14(18)17-5-6-19-12-4-2-3-11(15)10(12)8-17/h2-4,7H,5-6,8H2,1H3. The van der Waals surface area contributed by atoms with Crippen molar-refractivity contribution in [3.63, 3.8) is 0 Å². The Labute approximate surface area is 114 Å². The lowest BCUT2D eigenvalue weighted by molar-refractivity contribution is 0.0690. The van der Waals surface area contributed by atoms with Gasteiger partial charge in [0, 0.05) is 11.6 Å². The molecule has 0 N–H and O–H groups in total. The first-order chi connectivity index (χ1) is 9.65. The maximum absolute atomic E-state index is 13.8. The molecule has 3 rings (SSSR count). The third kappa shape index (κ3) is 2.24. The fourth-order valence-electron chi connectivity index (χ4n) is 2.16. The van der Waals surface area contributed by atoms with Crippen LogP contribution in [-0.4, -0.2) is 29.1 Å². The summed E-state index contributed by atoms with van der Waals surface area (Å²) in [7, 11) is 0. The van der Waals surface area contributed by atoms with Gasteiger partial charge in [-0.2, -0.15) is 0 Å². The first kappa shape index (κ1) is 12.7. The first-order valence-corrected chi connectivity index (χ1v) is 6.28. The van der Waals surface area contributed by atoms with Crippen LogP contribution >= 0.6 is 0 Å². The topological polar surface area (TPSA) is 55.6 Å². The number of amides is 1.